The highest BCUT2D eigenvalue weighted by molar-refractivity contribution is 6.20. The van der Waals surface area contributed by atoms with E-state index in [1.54, 1.807) is 0 Å². The lowest BCUT2D eigenvalue weighted by Gasteiger charge is -2.20. The summed E-state index contributed by atoms with van der Waals surface area (Å²) in [6.07, 6.45) is 0. The number of rotatable bonds is 5. The largest absolute Gasteiger partial charge is 0.309 e. The first-order valence-corrected chi connectivity index (χ1v) is 17.7. The molecule has 1 aliphatic rings. The number of fused-ring (bicyclic) bond motifs is 7. The predicted molar refractivity (Wildman–Crippen MR) is 216 cm³/mol. The predicted octanol–water partition coefficient (Wildman–Crippen LogP) is 11.6. The number of aliphatic imine (C=N–C) groups is 1. The summed E-state index contributed by atoms with van der Waals surface area (Å²) < 4.78 is 7.10. The van der Waals surface area contributed by atoms with Crippen LogP contribution < -0.4 is 0 Å². The normalized spacial score (nSPS) is 13.0. The molecule has 0 N–H and O–H groups in total. The van der Waals surface area contributed by atoms with Gasteiger partial charge in [0, 0.05) is 32.9 Å². The molecular formula is C48H31N4+. The van der Waals surface area contributed by atoms with Crippen LogP contribution in [0.25, 0.3) is 65.8 Å². The topological polar surface area (TPSA) is 25.2 Å². The van der Waals surface area contributed by atoms with Crippen LogP contribution in [0.15, 0.2) is 193 Å². The summed E-state index contributed by atoms with van der Waals surface area (Å²) in [6, 6.07) is 67.5. The highest BCUT2D eigenvalue weighted by Gasteiger charge is 2.33. The molecule has 0 saturated heterocycles. The average molecular weight is 664 g/mol. The van der Waals surface area contributed by atoms with E-state index in [1.807, 2.05) is 0 Å². The number of hydrogen-bond donors (Lipinski definition) is 0. The van der Waals surface area contributed by atoms with Crippen molar-refractivity contribution in [3.63, 3.8) is 0 Å². The van der Waals surface area contributed by atoms with Gasteiger partial charge in [0.2, 0.25) is 0 Å². The summed E-state index contributed by atoms with van der Waals surface area (Å²) in [6.45, 7) is 0. The Morgan fingerprint density at radius 1 is 0.365 bits per heavy atom. The zero-order valence-electron chi connectivity index (χ0n) is 28.2. The van der Waals surface area contributed by atoms with Gasteiger partial charge < -0.3 is 9.13 Å². The molecule has 8 aromatic carbocycles. The number of benzene rings is 8. The average Bonchev–Trinajstić information content (AvgIpc) is 3.69. The van der Waals surface area contributed by atoms with E-state index < -0.39 is 0 Å². The van der Waals surface area contributed by atoms with Crippen LogP contribution in [0.3, 0.4) is 0 Å². The summed E-state index contributed by atoms with van der Waals surface area (Å²) in [5.41, 5.74) is 10.2. The van der Waals surface area contributed by atoms with Gasteiger partial charge in [0.05, 0.1) is 33.2 Å². The number of amidine groups is 2. The molecule has 0 radical (unpaired) electrons. The molecule has 4 nitrogen and oxygen atoms in total. The zero-order chi connectivity index (χ0) is 34.2. The highest BCUT2D eigenvalue weighted by Crippen LogP contribution is 2.40. The van der Waals surface area contributed by atoms with Crippen LogP contribution >= 0.6 is 0 Å². The first kappa shape index (κ1) is 28.8. The Labute approximate surface area is 300 Å². The standard InChI is InChI=1S/C48H31N4/c1-3-17-36(18-4-1)50-43-24-11-9-22-39(43)41-30-42-40-23-10-12-25-44(40)51(46(42)31-45(41)50)38-21-13-16-34(29-38)47-49-48(52(47)37-19-5-2-6-20-37)35-27-26-32-14-7-8-15-33(32)28-35/h1-31H/q+1. The van der Waals surface area contributed by atoms with Crippen molar-refractivity contribution in [1.29, 1.82) is 0 Å². The van der Waals surface area contributed by atoms with Crippen LogP contribution in [0.4, 0.5) is 5.69 Å². The summed E-state index contributed by atoms with van der Waals surface area (Å²) in [5, 5.41) is 7.41. The molecule has 0 amide bonds. The van der Waals surface area contributed by atoms with Crippen molar-refractivity contribution in [3.05, 3.63) is 199 Å². The van der Waals surface area contributed by atoms with Gasteiger partial charge in [0.25, 0.3) is 11.7 Å². The van der Waals surface area contributed by atoms with E-state index >= 15 is 0 Å². The highest BCUT2D eigenvalue weighted by atomic mass is 15.2. The van der Waals surface area contributed by atoms with Crippen molar-refractivity contribution in [2.75, 3.05) is 0 Å². The Morgan fingerprint density at radius 2 is 0.962 bits per heavy atom. The van der Waals surface area contributed by atoms with Gasteiger partial charge in [0.15, 0.2) is 0 Å². The van der Waals surface area contributed by atoms with Crippen LogP contribution in [-0.4, -0.2) is 25.4 Å². The van der Waals surface area contributed by atoms with Crippen LogP contribution in [0, 0.1) is 0 Å². The molecule has 0 saturated carbocycles. The van der Waals surface area contributed by atoms with Crippen molar-refractivity contribution in [2.45, 2.75) is 0 Å². The molecule has 1 aliphatic heterocycles. The quantitative estimate of drug-likeness (QED) is 0.164. The molecule has 0 unspecified atom stereocenters. The van der Waals surface area contributed by atoms with Crippen molar-refractivity contribution in [2.24, 2.45) is 4.99 Å². The molecule has 2 aromatic heterocycles. The van der Waals surface area contributed by atoms with Gasteiger partial charge in [-0.1, -0.05) is 114 Å². The SMILES string of the molecule is c1ccc(-n2c3ccccc3c3cc4c5ccccc5n(-c5cccc(C6=[N+](c7ccccc7)C(c7ccc8ccccc8c7)=N6)c5)c4cc32)cc1. The minimum atomic E-state index is 0.934. The van der Waals surface area contributed by atoms with Crippen molar-refractivity contribution >= 4 is 71.7 Å². The Balaban J connectivity index is 1.13. The van der Waals surface area contributed by atoms with E-state index in [0.717, 1.165) is 39.9 Å². The lowest BCUT2D eigenvalue weighted by Crippen LogP contribution is -2.34. The molecule has 242 valence electrons. The van der Waals surface area contributed by atoms with Gasteiger partial charge in [-0.15, -0.1) is 0 Å². The smallest absolute Gasteiger partial charge is 0.279 e. The number of para-hydroxylation sites is 4. The molecule has 11 rings (SSSR count). The van der Waals surface area contributed by atoms with Gasteiger partial charge in [0.1, 0.15) is 5.69 Å². The third-order valence-corrected chi connectivity index (χ3v) is 10.5. The van der Waals surface area contributed by atoms with Crippen molar-refractivity contribution < 1.29 is 4.58 Å². The molecule has 3 heterocycles. The molecule has 0 aliphatic carbocycles. The first-order chi connectivity index (χ1) is 25.8. The van der Waals surface area contributed by atoms with E-state index in [2.05, 4.69) is 202 Å². The zero-order valence-corrected chi connectivity index (χ0v) is 28.2. The van der Waals surface area contributed by atoms with Gasteiger partial charge in [-0.2, -0.15) is 4.58 Å². The first-order valence-electron chi connectivity index (χ1n) is 17.7. The maximum Gasteiger partial charge on any atom is 0.279 e. The Bertz CT molecular complexity index is 3110. The molecule has 52 heavy (non-hydrogen) atoms. The van der Waals surface area contributed by atoms with Crippen molar-refractivity contribution in [3.8, 4) is 11.4 Å². The second-order valence-corrected chi connectivity index (χ2v) is 13.5. The summed E-state index contributed by atoms with van der Waals surface area (Å²) >= 11 is 0. The van der Waals surface area contributed by atoms with Crippen LogP contribution in [0.2, 0.25) is 0 Å². The number of hydrogen-bond acceptors (Lipinski definition) is 1. The number of nitrogens with zero attached hydrogens (tertiary/aromatic N) is 4. The van der Waals surface area contributed by atoms with E-state index in [9.17, 15) is 0 Å². The fourth-order valence-corrected chi connectivity index (χ4v) is 8.14. The second kappa shape index (κ2) is 11.2. The maximum atomic E-state index is 5.23. The molecular weight excluding hydrogens is 633 g/mol. The fourth-order valence-electron chi connectivity index (χ4n) is 8.14. The molecule has 4 heteroatoms. The van der Waals surface area contributed by atoms with Gasteiger partial charge >= 0.3 is 0 Å². The van der Waals surface area contributed by atoms with Crippen LogP contribution in [0.5, 0.6) is 0 Å². The van der Waals surface area contributed by atoms with E-state index in [1.165, 1.54) is 54.4 Å². The number of aromatic nitrogens is 2. The lowest BCUT2D eigenvalue weighted by molar-refractivity contribution is -0.319. The summed E-state index contributed by atoms with van der Waals surface area (Å²) in [5.74, 6) is 1.88. The lowest BCUT2D eigenvalue weighted by atomic mass is 10.0. The maximum absolute atomic E-state index is 5.23. The van der Waals surface area contributed by atoms with Crippen molar-refractivity contribution in [1.82, 2.24) is 9.13 Å². The Kier molecular flexibility index (Phi) is 6.22. The molecule has 0 bridgehead atoms. The van der Waals surface area contributed by atoms with Gasteiger partial charge in [-0.25, -0.2) is 0 Å². The Hall–Kier alpha value is -7.04. The minimum Gasteiger partial charge on any atom is -0.309 e. The third kappa shape index (κ3) is 4.28. The summed E-state index contributed by atoms with van der Waals surface area (Å²) in [4.78, 5) is 5.23. The minimum absolute atomic E-state index is 0.934. The molecule has 0 fully saturated rings. The van der Waals surface area contributed by atoms with Crippen LogP contribution in [0.1, 0.15) is 11.1 Å². The monoisotopic (exact) mass is 663 g/mol. The van der Waals surface area contributed by atoms with Crippen LogP contribution in [-0.2, 0) is 0 Å². The van der Waals surface area contributed by atoms with Gasteiger partial charge in [-0.05, 0) is 89.6 Å². The van der Waals surface area contributed by atoms with E-state index in [4.69, 9.17) is 4.99 Å². The Morgan fingerprint density at radius 3 is 1.69 bits per heavy atom. The third-order valence-electron chi connectivity index (χ3n) is 10.5. The molecule has 10 aromatic rings. The van der Waals surface area contributed by atoms with Gasteiger partial charge in [-0.3, -0.25) is 0 Å². The van der Waals surface area contributed by atoms with E-state index in [-0.39, 0.29) is 0 Å². The summed E-state index contributed by atoms with van der Waals surface area (Å²) in [7, 11) is 0. The van der Waals surface area contributed by atoms with E-state index in [0.29, 0.717) is 0 Å². The second-order valence-electron chi connectivity index (χ2n) is 13.5. The molecule has 0 atom stereocenters. The fraction of sp³-hybridized carbons (Fsp3) is 0. The molecule has 0 spiro atoms.